The van der Waals surface area contributed by atoms with Crippen LogP contribution in [0.25, 0.3) is 0 Å². The Hall–Kier alpha value is -1.58. The standard InChI is InChI=1S/C14H22N2O2/c1-11(2)6-5-7-12(3)8-9-16-13(17)10-15(4)14(16)18/h6,8H,5,7,9-10H2,1-4H3/b12-8-. The molecule has 0 unspecified atom stereocenters. The van der Waals surface area contributed by atoms with Crippen LogP contribution in [-0.2, 0) is 4.79 Å². The van der Waals surface area contributed by atoms with E-state index in [1.54, 1.807) is 7.05 Å². The lowest BCUT2D eigenvalue weighted by molar-refractivity contribution is -0.124. The molecule has 0 atom stereocenters. The van der Waals surface area contributed by atoms with Gasteiger partial charge >= 0.3 is 6.03 Å². The van der Waals surface area contributed by atoms with Gasteiger partial charge in [-0.05, 0) is 33.6 Å². The summed E-state index contributed by atoms with van der Waals surface area (Å²) in [5, 5.41) is 0. The van der Waals surface area contributed by atoms with Crippen molar-refractivity contribution in [3.63, 3.8) is 0 Å². The Morgan fingerprint density at radius 3 is 2.39 bits per heavy atom. The highest BCUT2D eigenvalue weighted by molar-refractivity contribution is 6.01. The van der Waals surface area contributed by atoms with Gasteiger partial charge in [-0.3, -0.25) is 9.69 Å². The topological polar surface area (TPSA) is 40.6 Å². The van der Waals surface area contributed by atoms with Gasteiger partial charge in [-0.1, -0.05) is 23.3 Å². The minimum absolute atomic E-state index is 0.115. The Kier molecular flexibility index (Phi) is 5.13. The van der Waals surface area contributed by atoms with Gasteiger partial charge in [0.1, 0.15) is 6.54 Å². The van der Waals surface area contributed by atoms with E-state index in [2.05, 4.69) is 19.9 Å². The molecule has 3 amide bonds. The number of rotatable bonds is 5. The molecule has 1 aliphatic rings. The summed E-state index contributed by atoms with van der Waals surface area (Å²) in [5.74, 6) is -0.115. The maximum absolute atomic E-state index is 11.6. The van der Waals surface area contributed by atoms with Crippen molar-refractivity contribution in [1.82, 2.24) is 9.80 Å². The Morgan fingerprint density at radius 2 is 1.89 bits per heavy atom. The molecule has 0 spiro atoms. The number of carbonyl (C=O) groups is 2. The molecule has 1 heterocycles. The highest BCUT2D eigenvalue weighted by Crippen LogP contribution is 2.10. The summed E-state index contributed by atoms with van der Waals surface area (Å²) in [7, 11) is 1.64. The SMILES string of the molecule is CC(C)=CCC/C(C)=C\CN1C(=O)CN(C)C1=O. The molecule has 18 heavy (non-hydrogen) atoms. The molecule has 1 aliphatic heterocycles. The van der Waals surface area contributed by atoms with E-state index >= 15 is 0 Å². The maximum atomic E-state index is 11.6. The second-order valence-electron chi connectivity index (χ2n) is 5.01. The van der Waals surface area contributed by atoms with Gasteiger partial charge in [0.25, 0.3) is 5.91 Å². The number of allylic oxidation sites excluding steroid dienone is 3. The molecule has 0 aromatic rings. The number of hydrogen-bond donors (Lipinski definition) is 0. The first-order valence-corrected chi connectivity index (χ1v) is 6.26. The summed E-state index contributed by atoms with van der Waals surface area (Å²) in [5.41, 5.74) is 2.52. The average Bonchev–Trinajstić information content (AvgIpc) is 2.50. The van der Waals surface area contributed by atoms with Crippen molar-refractivity contribution in [1.29, 1.82) is 0 Å². The van der Waals surface area contributed by atoms with E-state index in [1.807, 2.05) is 13.0 Å². The lowest BCUT2D eigenvalue weighted by Gasteiger charge is -2.12. The van der Waals surface area contributed by atoms with E-state index in [4.69, 9.17) is 0 Å². The second-order valence-corrected chi connectivity index (χ2v) is 5.01. The molecule has 1 rings (SSSR count). The van der Waals surface area contributed by atoms with Crippen LogP contribution in [0.15, 0.2) is 23.3 Å². The van der Waals surface area contributed by atoms with E-state index in [9.17, 15) is 9.59 Å². The number of imide groups is 1. The largest absolute Gasteiger partial charge is 0.327 e. The van der Waals surface area contributed by atoms with E-state index in [0.29, 0.717) is 6.54 Å². The van der Waals surface area contributed by atoms with E-state index in [-0.39, 0.29) is 18.5 Å². The molecule has 0 saturated carbocycles. The highest BCUT2D eigenvalue weighted by atomic mass is 16.2. The zero-order valence-corrected chi connectivity index (χ0v) is 11.7. The van der Waals surface area contributed by atoms with Gasteiger partial charge in [0.2, 0.25) is 0 Å². The number of nitrogens with zero attached hydrogens (tertiary/aromatic N) is 2. The molecule has 4 nitrogen and oxygen atoms in total. The quantitative estimate of drug-likeness (QED) is 0.556. The minimum Gasteiger partial charge on any atom is -0.318 e. The number of urea groups is 1. The summed E-state index contributed by atoms with van der Waals surface area (Å²) in [6, 6.07) is -0.201. The molecule has 100 valence electrons. The van der Waals surface area contributed by atoms with Crippen LogP contribution < -0.4 is 0 Å². The summed E-state index contributed by atoms with van der Waals surface area (Å²) < 4.78 is 0. The highest BCUT2D eigenvalue weighted by Gasteiger charge is 2.32. The fourth-order valence-corrected chi connectivity index (χ4v) is 1.79. The van der Waals surface area contributed by atoms with Crippen LogP contribution in [-0.4, -0.2) is 41.9 Å². The van der Waals surface area contributed by atoms with Crippen molar-refractivity contribution in [3.8, 4) is 0 Å². The third kappa shape index (κ3) is 4.02. The smallest absolute Gasteiger partial charge is 0.318 e. The molecule has 0 N–H and O–H groups in total. The Labute approximate surface area is 109 Å². The number of hydrogen-bond acceptors (Lipinski definition) is 2. The first-order chi connectivity index (χ1) is 8.41. The van der Waals surface area contributed by atoms with Crippen LogP contribution in [0.4, 0.5) is 4.79 Å². The molecule has 0 aromatic heterocycles. The molecule has 0 radical (unpaired) electrons. The number of carbonyl (C=O) groups excluding carboxylic acids is 2. The third-order valence-electron chi connectivity index (χ3n) is 2.94. The Bertz CT molecular complexity index is 393. The van der Waals surface area contributed by atoms with Gasteiger partial charge in [-0.2, -0.15) is 0 Å². The predicted molar refractivity (Wildman–Crippen MR) is 72.2 cm³/mol. The summed E-state index contributed by atoms with van der Waals surface area (Å²) in [6.07, 6.45) is 6.13. The van der Waals surface area contributed by atoms with Crippen LogP contribution in [0.3, 0.4) is 0 Å². The number of likely N-dealkylation sites (N-methyl/N-ethyl adjacent to an activating group) is 1. The van der Waals surface area contributed by atoms with Gasteiger partial charge < -0.3 is 4.90 Å². The van der Waals surface area contributed by atoms with E-state index in [0.717, 1.165) is 12.8 Å². The van der Waals surface area contributed by atoms with Gasteiger partial charge in [0.05, 0.1) is 0 Å². The summed E-state index contributed by atoms with van der Waals surface area (Å²) in [6.45, 7) is 6.78. The fourth-order valence-electron chi connectivity index (χ4n) is 1.79. The van der Waals surface area contributed by atoms with Crippen molar-refractivity contribution in [2.45, 2.75) is 33.6 Å². The van der Waals surface area contributed by atoms with Gasteiger partial charge in [-0.15, -0.1) is 0 Å². The second kappa shape index (κ2) is 6.38. The molecular formula is C14H22N2O2. The molecule has 4 heteroatoms. The molecule has 0 aliphatic carbocycles. The van der Waals surface area contributed by atoms with Crippen LogP contribution in [0.5, 0.6) is 0 Å². The van der Waals surface area contributed by atoms with Crippen LogP contribution in [0.1, 0.15) is 33.6 Å². The van der Waals surface area contributed by atoms with Gasteiger partial charge in [0, 0.05) is 13.6 Å². The van der Waals surface area contributed by atoms with Crippen LogP contribution in [0, 0.1) is 0 Å². The van der Waals surface area contributed by atoms with Gasteiger partial charge in [-0.25, -0.2) is 4.79 Å². The molecular weight excluding hydrogens is 228 g/mol. The van der Waals surface area contributed by atoms with Crippen molar-refractivity contribution in [3.05, 3.63) is 23.3 Å². The van der Waals surface area contributed by atoms with Crippen molar-refractivity contribution in [2.75, 3.05) is 20.1 Å². The minimum atomic E-state index is -0.201. The normalized spacial score (nSPS) is 16.6. The zero-order chi connectivity index (χ0) is 13.7. The lowest BCUT2D eigenvalue weighted by Crippen LogP contribution is -2.31. The summed E-state index contributed by atoms with van der Waals surface area (Å²) >= 11 is 0. The monoisotopic (exact) mass is 250 g/mol. The van der Waals surface area contributed by atoms with Crippen LogP contribution >= 0.6 is 0 Å². The van der Waals surface area contributed by atoms with Crippen molar-refractivity contribution in [2.24, 2.45) is 0 Å². The van der Waals surface area contributed by atoms with E-state index < -0.39 is 0 Å². The third-order valence-corrected chi connectivity index (χ3v) is 2.94. The average molecular weight is 250 g/mol. The summed E-state index contributed by atoms with van der Waals surface area (Å²) in [4.78, 5) is 25.9. The Balaban J connectivity index is 2.46. The predicted octanol–water partition coefficient (Wildman–Crippen LogP) is 2.57. The fraction of sp³-hybridized carbons (Fsp3) is 0.571. The van der Waals surface area contributed by atoms with Gasteiger partial charge in [0.15, 0.2) is 0 Å². The van der Waals surface area contributed by atoms with Crippen molar-refractivity contribution >= 4 is 11.9 Å². The zero-order valence-electron chi connectivity index (χ0n) is 11.7. The lowest BCUT2D eigenvalue weighted by atomic mass is 10.1. The van der Waals surface area contributed by atoms with Crippen molar-refractivity contribution < 1.29 is 9.59 Å². The van der Waals surface area contributed by atoms with E-state index in [1.165, 1.54) is 20.9 Å². The number of amides is 3. The molecule has 0 aromatic carbocycles. The first kappa shape index (κ1) is 14.5. The molecule has 1 saturated heterocycles. The Morgan fingerprint density at radius 1 is 1.22 bits per heavy atom. The van der Waals surface area contributed by atoms with Crippen LogP contribution in [0.2, 0.25) is 0 Å². The molecule has 0 bridgehead atoms. The molecule has 1 fully saturated rings. The maximum Gasteiger partial charge on any atom is 0.327 e. The first-order valence-electron chi connectivity index (χ1n) is 6.26.